The van der Waals surface area contributed by atoms with Crippen molar-refractivity contribution >= 4 is 5.97 Å². The highest BCUT2D eigenvalue weighted by molar-refractivity contribution is 5.78. The number of quaternary nitrogens is 1. The molecule has 0 bridgehead atoms. The number of hydrogen-bond acceptors (Lipinski definition) is 1. The first-order valence-electron chi connectivity index (χ1n) is 15.3. The van der Waals surface area contributed by atoms with Crippen LogP contribution in [0.3, 0.4) is 0 Å². The Bertz CT molecular complexity index is 518. The van der Waals surface area contributed by atoms with E-state index in [0.29, 0.717) is 4.48 Å². The molecule has 0 spiro atoms. The second-order valence-corrected chi connectivity index (χ2v) is 12.6. The molecule has 1 unspecified atom stereocenters. The number of likely N-dealkylation sites (N-methyl/N-ethyl adjacent to an activating group) is 1. The summed E-state index contributed by atoms with van der Waals surface area (Å²) in [5.74, 6) is -0.603. The standard InChI is InChI=1S/C31H61NO2/c1-6-7-8-9-10-11-12-13-14-15-16-17-18-19-20-21-23-26-31(27-24-22-25-28-31)30(2,29(33)34)32(3,4)5/h6-28H2,1-5H3/p+1. The Labute approximate surface area is 214 Å². The van der Waals surface area contributed by atoms with Crippen LogP contribution < -0.4 is 0 Å². The van der Waals surface area contributed by atoms with Crippen LogP contribution in [0.15, 0.2) is 0 Å². The second-order valence-electron chi connectivity index (χ2n) is 12.6. The van der Waals surface area contributed by atoms with Crippen LogP contribution in [0.2, 0.25) is 0 Å². The van der Waals surface area contributed by atoms with E-state index in [-0.39, 0.29) is 5.41 Å². The molecule has 1 atom stereocenters. The summed E-state index contributed by atoms with van der Waals surface area (Å²) in [5.41, 5.74) is -0.757. The molecule has 34 heavy (non-hydrogen) atoms. The van der Waals surface area contributed by atoms with E-state index in [1.54, 1.807) is 0 Å². The summed E-state index contributed by atoms with van der Waals surface area (Å²) in [6.45, 7) is 4.33. The number of aliphatic carboxylic acids is 1. The Kier molecular flexibility index (Phi) is 15.7. The summed E-state index contributed by atoms with van der Waals surface area (Å²) in [4.78, 5) is 12.5. The van der Waals surface area contributed by atoms with Gasteiger partial charge in [-0.15, -0.1) is 0 Å². The largest absolute Gasteiger partial charge is 0.477 e. The lowest BCUT2D eigenvalue weighted by molar-refractivity contribution is -0.921. The number of rotatable bonds is 21. The molecule has 0 amide bonds. The number of carbonyl (C=O) groups is 1. The van der Waals surface area contributed by atoms with Gasteiger partial charge in [0.2, 0.25) is 0 Å². The molecule has 0 aromatic heterocycles. The number of nitrogens with zero attached hydrogens (tertiary/aromatic N) is 1. The van der Waals surface area contributed by atoms with Gasteiger partial charge in [-0.05, 0) is 19.3 Å². The first-order chi connectivity index (χ1) is 16.2. The van der Waals surface area contributed by atoms with Crippen molar-refractivity contribution in [3.8, 4) is 0 Å². The Morgan fingerprint density at radius 3 is 1.35 bits per heavy atom. The van der Waals surface area contributed by atoms with Crippen LogP contribution in [0.25, 0.3) is 0 Å². The molecule has 0 radical (unpaired) electrons. The van der Waals surface area contributed by atoms with Crippen molar-refractivity contribution in [2.45, 2.75) is 167 Å². The van der Waals surface area contributed by atoms with Gasteiger partial charge < -0.3 is 9.59 Å². The van der Waals surface area contributed by atoms with E-state index in [1.807, 2.05) is 6.92 Å². The minimum Gasteiger partial charge on any atom is -0.477 e. The van der Waals surface area contributed by atoms with Gasteiger partial charge in [-0.3, -0.25) is 0 Å². The molecule has 0 aliphatic heterocycles. The molecule has 1 rings (SSSR count). The van der Waals surface area contributed by atoms with Gasteiger partial charge in [-0.25, -0.2) is 4.79 Å². The van der Waals surface area contributed by atoms with Crippen LogP contribution in [0.1, 0.15) is 162 Å². The van der Waals surface area contributed by atoms with Crippen molar-refractivity contribution < 1.29 is 14.4 Å². The molecule has 1 aliphatic rings. The van der Waals surface area contributed by atoms with E-state index in [9.17, 15) is 9.90 Å². The molecular formula is C31H62NO2+. The van der Waals surface area contributed by atoms with Crippen LogP contribution in [-0.4, -0.2) is 42.2 Å². The fourth-order valence-corrected chi connectivity index (χ4v) is 6.62. The highest BCUT2D eigenvalue weighted by Crippen LogP contribution is 2.52. The topological polar surface area (TPSA) is 37.3 Å². The van der Waals surface area contributed by atoms with Crippen LogP contribution in [-0.2, 0) is 4.79 Å². The van der Waals surface area contributed by atoms with Crippen LogP contribution >= 0.6 is 0 Å². The molecule has 0 heterocycles. The molecule has 3 nitrogen and oxygen atoms in total. The van der Waals surface area contributed by atoms with Gasteiger partial charge >= 0.3 is 5.97 Å². The minimum absolute atomic E-state index is 0.0508. The Morgan fingerprint density at radius 1 is 0.676 bits per heavy atom. The van der Waals surface area contributed by atoms with Crippen molar-refractivity contribution in [3.05, 3.63) is 0 Å². The van der Waals surface area contributed by atoms with Crippen molar-refractivity contribution in [3.63, 3.8) is 0 Å². The van der Waals surface area contributed by atoms with Crippen molar-refractivity contribution in [1.82, 2.24) is 0 Å². The smallest absolute Gasteiger partial charge is 0.366 e. The molecule has 3 heteroatoms. The molecule has 1 fully saturated rings. The third-order valence-corrected chi connectivity index (χ3v) is 9.36. The maximum Gasteiger partial charge on any atom is 0.366 e. The van der Waals surface area contributed by atoms with E-state index in [4.69, 9.17) is 0 Å². The SMILES string of the molecule is CCCCCCCCCCCCCCCCCCCC1(C(C)(C(=O)O)[N+](C)(C)C)CCCCC1. The van der Waals surface area contributed by atoms with Gasteiger partial charge in [-0.2, -0.15) is 0 Å². The molecule has 202 valence electrons. The van der Waals surface area contributed by atoms with Crippen LogP contribution in [0, 0.1) is 5.41 Å². The lowest BCUT2D eigenvalue weighted by atomic mass is 9.58. The maximum atomic E-state index is 12.5. The summed E-state index contributed by atoms with van der Waals surface area (Å²) in [6.07, 6.45) is 30.6. The molecule has 1 N–H and O–H groups in total. The molecule has 0 aromatic rings. The van der Waals surface area contributed by atoms with Crippen LogP contribution in [0.4, 0.5) is 0 Å². The van der Waals surface area contributed by atoms with E-state index in [1.165, 1.54) is 128 Å². The van der Waals surface area contributed by atoms with E-state index < -0.39 is 11.5 Å². The summed E-state index contributed by atoms with van der Waals surface area (Å²) in [6, 6.07) is 0. The van der Waals surface area contributed by atoms with Gasteiger partial charge in [-0.1, -0.05) is 135 Å². The fourth-order valence-electron chi connectivity index (χ4n) is 6.62. The highest BCUT2D eigenvalue weighted by Gasteiger charge is 2.61. The third-order valence-electron chi connectivity index (χ3n) is 9.36. The fraction of sp³-hybridized carbons (Fsp3) is 0.968. The zero-order valence-electron chi connectivity index (χ0n) is 24.1. The lowest BCUT2D eigenvalue weighted by Crippen LogP contribution is -2.69. The monoisotopic (exact) mass is 480 g/mol. The van der Waals surface area contributed by atoms with E-state index >= 15 is 0 Å². The molecule has 0 aromatic carbocycles. The quantitative estimate of drug-likeness (QED) is 0.131. The van der Waals surface area contributed by atoms with E-state index in [0.717, 1.165) is 19.3 Å². The lowest BCUT2D eigenvalue weighted by Gasteiger charge is -2.54. The average Bonchev–Trinajstić information content (AvgIpc) is 2.80. The average molecular weight is 481 g/mol. The number of hydrogen-bond donors (Lipinski definition) is 1. The summed E-state index contributed by atoms with van der Waals surface area (Å²) < 4.78 is 0.515. The zero-order chi connectivity index (χ0) is 25.3. The summed E-state index contributed by atoms with van der Waals surface area (Å²) in [7, 11) is 6.25. The Hall–Kier alpha value is -0.570. The van der Waals surface area contributed by atoms with Crippen molar-refractivity contribution in [2.24, 2.45) is 5.41 Å². The third kappa shape index (κ3) is 10.2. The van der Waals surface area contributed by atoms with Gasteiger partial charge in [0, 0.05) is 12.3 Å². The summed E-state index contributed by atoms with van der Waals surface area (Å²) >= 11 is 0. The van der Waals surface area contributed by atoms with Crippen LogP contribution in [0.5, 0.6) is 0 Å². The minimum atomic E-state index is -0.706. The normalized spacial score (nSPS) is 18.0. The van der Waals surface area contributed by atoms with E-state index in [2.05, 4.69) is 28.1 Å². The molecule has 1 saturated carbocycles. The summed E-state index contributed by atoms with van der Waals surface area (Å²) in [5, 5.41) is 10.3. The number of carboxylic acid groups (broad SMARTS) is 1. The first kappa shape index (κ1) is 31.5. The number of carboxylic acids is 1. The Balaban J connectivity index is 2.15. The first-order valence-corrected chi connectivity index (χ1v) is 15.3. The predicted octanol–water partition coefficient (Wildman–Crippen LogP) is 9.53. The predicted molar refractivity (Wildman–Crippen MR) is 148 cm³/mol. The zero-order valence-corrected chi connectivity index (χ0v) is 24.1. The second kappa shape index (κ2) is 17.0. The number of unbranched alkanes of at least 4 members (excludes halogenated alkanes) is 16. The highest BCUT2D eigenvalue weighted by atomic mass is 16.4. The van der Waals surface area contributed by atoms with Gasteiger partial charge in [0.25, 0.3) is 0 Å². The Morgan fingerprint density at radius 2 is 1.03 bits per heavy atom. The van der Waals surface area contributed by atoms with Gasteiger partial charge in [0.1, 0.15) is 0 Å². The molecule has 1 aliphatic carbocycles. The molecule has 0 saturated heterocycles. The maximum absolute atomic E-state index is 12.5. The van der Waals surface area contributed by atoms with Crippen molar-refractivity contribution in [1.29, 1.82) is 0 Å². The molecular weight excluding hydrogens is 418 g/mol. The van der Waals surface area contributed by atoms with Gasteiger partial charge in [0.15, 0.2) is 5.54 Å². The van der Waals surface area contributed by atoms with Gasteiger partial charge in [0.05, 0.1) is 21.1 Å². The van der Waals surface area contributed by atoms with Crippen molar-refractivity contribution in [2.75, 3.05) is 21.1 Å².